The third-order valence-corrected chi connectivity index (χ3v) is 4.07. The van der Waals surface area contributed by atoms with E-state index in [4.69, 9.17) is 19.8 Å². The smallest absolute Gasteiger partial charge is 0.480 e. The number of methoxy groups -OCH3 is 1. The van der Waals surface area contributed by atoms with Gasteiger partial charge in [-0.3, -0.25) is 0 Å². The summed E-state index contributed by atoms with van der Waals surface area (Å²) >= 11 is 0. The van der Waals surface area contributed by atoms with Gasteiger partial charge in [-0.05, 0) is 45.4 Å². The van der Waals surface area contributed by atoms with Crippen LogP contribution < -0.4 is 10.5 Å². The molecule has 5 heteroatoms. The predicted molar refractivity (Wildman–Crippen MR) is 76.0 cm³/mol. The van der Waals surface area contributed by atoms with Crippen LogP contribution in [0.4, 0.5) is 0 Å². The summed E-state index contributed by atoms with van der Waals surface area (Å²) in [7, 11) is 1.21. The Balaban J connectivity index is 2.14. The molecule has 1 saturated heterocycles. The van der Waals surface area contributed by atoms with Crippen molar-refractivity contribution in [2.24, 2.45) is 5.73 Å². The first-order valence-electron chi connectivity index (χ1n) is 6.52. The fourth-order valence-corrected chi connectivity index (χ4v) is 2.02. The van der Waals surface area contributed by atoms with Gasteiger partial charge in [0.2, 0.25) is 0 Å². The predicted octanol–water partition coefficient (Wildman–Crippen LogP) is 2.33. The van der Waals surface area contributed by atoms with E-state index < -0.39 is 7.12 Å². The Labute approximate surface area is 115 Å². The van der Waals surface area contributed by atoms with E-state index in [1.165, 1.54) is 0 Å². The highest BCUT2D eigenvalue weighted by molar-refractivity contribution is 6.47. The Bertz CT molecular complexity index is 429. The van der Waals surface area contributed by atoms with Crippen LogP contribution in [-0.4, -0.2) is 25.4 Å². The van der Waals surface area contributed by atoms with Gasteiger partial charge in [-0.2, -0.15) is 0 Å². The average molecular weight is 263 g/mol. The molecule has 0 amide bonds. The summed E-state index contributed by atoms with van der Waals surface area (Å²) in [5, 5.41) is 0. The van der Waals surface area contributed by atoms with Gasteiger partial charge in [-0.15, -0.1) is 0 Å². The van der Waals surface area contributed by atoms with E-state index in [1.807, 2.05) is 52.0 Å². The Hall–Kier alpha value is -1.04. The maximum Gasteiger partial charge on any atom is 0.480 e. The van der Waals surface area contributed by atoms with Crippen LogP contribution in [0, 0.1) is 0 Å². The lowest BCUT2D eigenvalue weighted by Crippen LogP contribution is -2.41. The molecule has 0 unspecified atom stereocenters. The quantitative estimate of drug-likeness (QED) is 0.850. The van der Waals surface area contributed by atoms with Gasteiger partial charge >= 0.3 is 7.12 Å². The zero-order valence-corrected chi connectivity index (χ0v) is 12.3. The van der Waals surface area contributed by atoms with E-state index >= 15 is 0 Å². The van der Waals surface area contributed by atoms with Crippen molar-refractivity contribution in [3.8, 4) is 5.75 Å². The first kappa shape index (κ1) is 14.4. The zero-order chi connectivity index (χ0) is 14.3. The number of rotatable bonds is 3. The van der Waals surface area contributed by atoms with Gasteiger partial charge in [0.05, 0.1) is 24.3 Å². The average Bonchev–Trinajstić information content (AvgIpc) is 2.58. The van der Waals surface area contributed by atoms with Crippen molar-refractivity contribution in [1.82, 2.24) is 0 Å². The summed E-state index contributed by atoms with van der Waals surface area (Å²) in [5.41, 5.74) is 6.50. The number of ether oxygens (including phenoxy) is 1. The maximum atomic E-state index is 6.24. The zero-order valence-electron chi connectivity index (χ0n) is 12.3. The van der Waals surface area contributed by atoms with Crippen LogP contribution in [0.15, 0.2) is 24.3 Å². The van der Waals surface area contributed by atoms with Crippen LogP contribution in [0.3, 0.4) is 0 Å². The molecule has 0 saturated carbocycles. The molecule has 1 atom stereocenters. The third kappa shape index (κ3) is 2.64. The molecule has 1 aromatic rings. The molecule has 1 aromatic carbocycles. The molecule has 0 spiro atoms. The van der Waals surface area contributed by atoms with Crippen LogP contribution in [0.2, 0.25) is 0 Å². The SMILES string of the molecule is COc1ccc([C@H](N)B2OC(C)(C)C(C)(C)O2)cc1. The summed E-state index contributed by atoms with van der Waals surface area (Å²) in [5.74, 6) is 0.497. The van der Waals surface area contributed by atoms with Crippen LogP contribution >= 0.6 is 0 Å². The fourth-order valence-electron chi connectivity index (χ4n) is 2.02. The van der Waals surface area contributed by atoms with Crippen molar-refractivity contribution in [3.63, 3.8) is 0 Å². The highest BCUT2D eigenvalue weighted by atomic mass is 16.7. The van der Waals surface area contributed by atoms with E-state index in [-0.39, 0.29) is 17.1 Å². The van der Waals surface area contributed by atoms with E-state index in [0.717, 1.165) is 11.3 Å². The minimum atomic E-state index is -0.432. The minimum absolute atomic E-state index is 0.313. The van der Waals surface area contributed by atoms with Gasteiger partial charge < -0.3 is 19.8 Å². The topological polar surface area (TPSA) is 53.7 Å². The molecule has 4 nitrogen and oxygen atoms in total. The van der Waals surface area contributed by atoms with E-state index in [9.17, 15) is 0 Å². The van der Waals surface area contributed by atoms with Crippen LogP contribution in [0.5, 0.6) is 5.75 Å². The number of benzene rings is 1. The Morgan fingerprint density at radius 3 is 1.95 bits per heavy atom. The fraction of sp³-hybridized carbons (Fsp3) is 0.571. The maximum absolute atomic E-state index is 6.24. The Morgan fingerprint density at radius 1 is 1.05 bits per heavy atom. The van der Waals surface area contributed by atoms with Crippen LogP contribution in [0.25, 0.3) is 0 Å². The van der Waals surface area contributed by atoms with Crippen molar-refractivity contribution in [2.75, 3.05) is 7.11 Å². The molecular formula is C14H22BNO3. The summed E-state index contributed by atoms with van der Waals surface area (Å²) in [6.45, 7) is 8.09. The molecule has 2 N–H and O–H groups in total. The summed E-state index contributed by atoms with van der Waals surface area (Å²) in [6, 6.07) is 7.66. The van der Waals surface area contributed by atoms with E-state index in [1.54, 1.807) is 7.11 Å². The second kappa shape index (κ2) is 4.82. The van der Waals surface area contributed by atoms with Gasteiger partial charge in [0.1, 0.15) is 5.75 Å². The highest BCUT2D eigenvalue weighted by Gasteiger charge is 2.53. The van der Waals surface area contributed by atoms with Crippen LogP contribution in [0.1, 0.15) is 39.2 Å². The molecular weight excluding hydrogens is 241 g/mol. The monoisotopic (exact) mass is 263 g/mol. The summed E-state index contributed by atoms with van der Waals surface area (Å²) in [4.78, 5) is 0. The number of hydrogen-bond donors (Lipinski definition) is 1. The lowest BCUT2D eigenvalue weighted by atomic mass is 9.75. The molecule has 1 aliphatic rings. The van der Waals surface area contributed by atoms with Gasteiger partial charge in [-0.1, -0.05) is 12.1 Å². The van der Waals surface area contributed by atoms with Crippen molar-refractivity contribution in [2.45, 2.75) is 44.8 Å². The van der Waals surface area contributed by atoms with E-state index in [2.05, 4.69) is 0 Å². The molecule has 0 aromatic heterocycles. The Morgan fingerprint density at radius 2 is 1.53 bits per heavy atom. The van der Waals surface area contributed by atoms with Crippen LogP contribution in [-0.2, 0) is 9.31 Å². The minimum Gasteiger partial charge on any atom is -0.497 e. The molecule has 104 valence electrons. The van der Waals surface area contributed by atoms with Gasteiger partial charge in [0, 0.05) is 0 Å². The van der Waals surface area contributed by atoms with Gasteiger partial charge in [0.15, 0.2) is 0 Å². The van der Waals surface area contributed by atoms with Crippen molar-refractivity contribution >= 4 is 7.12 Å². The lowest BCUT2D eigenvalue weighted by Gasteiger charge is -2.32. The molecule has 2 rings (SSSR count). The molecule has 0 aliphatic carbocycles. The molecule has 19 heavy (non-hydrogen) atoms. The second-order valence-electron chi connectivity index (χ2n) is 5.92. The standard InChI is InChI=1S/C14H22BNO3/c1-13(2)14(3,4)19-15(18-13)12(16)10-6-8-11(17-5)9-7-10/h6-9,12H,16H2,1-5H3/t12-/m0/s1. The first-order chi connectivity index (χ1) is 8.77. The van der Waals surface area contributed by atoms with Crippen molar-refractivity contribution in [3.05, 3.63) is 29.8 Å². The van der Waals surface area contributed by atoms with Gasteiger partial charge in [0.25, 0.3) is 0 Å². The van der Waals surface area contributed by atoms with Crippen molar-refractivity contribution in [1.29, 1.82) is 0 Å². The molecule has 1 heterocycles. The largest absolute Gasteiger partial charge is 0.497 e. The second-order valence-corrected chi connectivity index (χ2v) is 5.92. The molecule has 0 bridgehead atoms. The molecule has 1 fully saturated rings. The Kier molecular flexibility index (Phi) is 3.64. The summed E-state index contributed by atoms with van der Waals surface area (Å²) < 4.78 is 17.1. The highest BCUT2D eigenvalue weighted by Crippen LogP contribution is 2.39. The van der Waals surface area contributed by atoms with Gasteiger partial charge in [-0.25, -0.2) is 0 Å². The van der Waals surface area contributed by atoms with Crippen molar-refractivity contribution < 1.29 is 14.0 Å². The molecule has 0 radical (unpaired) electrons. The van der Waals surface area contributed by atoms with E-state index in [0.29, 0.717) is 0 Å². The lowest BCUT2D eigenvalue weighted by molar-refractivity contribution is 0.00578. The number of nitrogens with two attached hydrogens (primary N) is 1. The molecule has 1 aliphatic heterocycles. The summed E-state index contributed by atoms with van der Waals surface area (Å²) in [6.07, 6.45) is 0. The normalized spacial score (nSPS) is 22.3. The third-order valence-electron chi connectivity index (χ3n) is 4.07. The first-order valence-corrected chi connectivity index (χ1v) is 6.52. The number of hydrogen-bond acceptors (Lipinski definition) is 4.